The summed E-state index contributed by atoms with van der Waals surface area (Å²) in [6.07, 6.45) is -2.05. The lowest BCUT2D eigenvalue weighted by Crippen LogP contribution is -2.39. The molecule has 2 aliphatic rings. The van der Waals surface area contributed by atoms with E-state index in [-0.39, 0.29) is 12.4 Å². The summed E-state index contributed by atoms with van der Waals surface area (Å²) in [5, 5.41) is 11.5. The molecule has 5 atom stereocenters. The van der Waals surface area contributed by atoms with Crippen LogP contribution in [0.2, 0.25) is 0 Å². The Hall–Kier alpha value is -1.63. The molecule has 3 aromatic rings. The van der Waals surface area contributed by atoms with Crippen LogP contribution in [0.3, 0.4) is 0 Å². The van der Waals surface area contributed by atoms with Gasteiger partial charge in [0.25, 0.3) is 0 Å². The molecule has 30 heavy (non-hydrogen) atoms. The zero-order valence-electron chi connectivity index (χ0n) is 15.4. The molecule has 0 saturated carbocycles. The van der Waals surface area contributed by atoms with E-state index in [1.165, 1.54) is 18.1 Å². The average Bonchev–Trinajstić information content (AvgIpc) is 3.25. The van der Waals surface area contributed by atoms with E-state index in [4.69, 9.17) is 31.3 Å². The van der Waals surface area contributed by atoms with Crippen molar-refractivity contribution >= 4 is 47.3 Å². The van der Waals surface area contributed by atoms with Gasteiger partial charge in [0, 0.05) is 5.75 Å². The quantitative estimate of drug-likeness (QED) is 0.381. The number of hydrogen-bond donors (Lipinski definition) is 3. The van der Waals surface area contributed by atoms with E-state index in [2.05, 4.69) is 15.0 Å². The molecule has 158 valence electrons. The van der Waals surface area contributed by atoms with Crippen molar-refractivity contribution in [2.24, 2.45) is 0 Å². The third-order valence-corrected chi connectivity index (χ3v) is 7.49. The number of anilines is 1. The fourth-order valence-electron chi connectivity index (χ4n) is 3.51. The van der Waals surface area contributed by atoms with Gasteiger partial charge in [-0.25, -0.2) is 15.0 Å². The van der Waals surface area contributed by atoms with Crippen molar-refractivity contribution in [1.29, 1.82) is 0 Å². The molecule has 0 amide bonds. The lowest BCUT2D eigenvalue weighted by Gasteiger charge is -2.30. The molecule has 0 aliphatic carbocycles. The summed E-state index contributed by atoms with van der Waals surface area (Å²) in [7, 11) is 0. The van der Waals surface area contributed by atoms with Crippen molar-refractivity contribution in [3.8, 4) is 0 Å². The Labute approximate surface area is 180 Å². The second-order valence-electron chi connectivity index (χ2n) is 6.86. The van der Waals surface area contributed by atoms with Crippen LogP contribution in [-0.4, -0.2) is 54.4 Å². The van der Waals surface area contributed by atoms with Crippen molar-refractivity contribution in [3.05, 3.63) is 42.2 Å². The van der Waals surface area contributed by atoms with Crippen molar-refractivity contribution in [3.63, 3.8) is 0 Å². The van der Waals surface area contributed by atoms with Gasteiger partial charge in [-0.1, -0.05) is 42.1 Å². The van der Waals surface area contributed by atoms with E-state index in [0.717, 1.165) is 5.56 Å². The van der Waals surface area contributed by atoms with Crippen LogP contribution in [0.4, 0.5) is 5.82 Å². The zero-order chi connectivity index (χ0) is 20.9. The lowest BCUT2D eigenvalue weighted by molar-refractivity contribution is -0.0619. The summed E-state index contributed by atoms with van der Waals surface area (Å²) in [4.78, 5) is 22.9. The summed E-state index contributed by atoms with van der Waals surface area (Å²) in [6, 6.07) is 9.92. The van der Waals surface area contributed by atoms with Crippen LogP contribution in [0.15, 0.2) is 41.8 Å². The number of thioether (sulfide) groups is 1. The molecule has 1 unspecified atom stereocenters. The predicted molar refractivity (Wildman–Crippen MR) is 113 cm³/mol. The van der Waals surface area contributed by atoms with Gasteiger partial charge in [-0.3, -0.25) is 9.09 Å². The predicted octanol–water partition coefficient (Wildman–Crippen LogP) is 1.59. The Balaban J connectivity index is 1.53. The maximum absolute atomic E-state index is 10.9. The number of aliphatic hydroxyl groups excluding tert-OH is 1. The number of nitrogens with two attached hydrogens (primary N) is 1. The van der Waals surface area contributed by atoms with E-state index in [0.29, 0.717) is 22.1 Å². The Morgan fingerprint density at radius 1 is 1.30 bits per heavy atom. The maximum atomic E-state index is 10.9. The van der Waals surface area contributed by atoms with E-state index < -0.39 is 31.3 Å². The number of aromatic nitrogens is 4. The summed E-state index contributed by atoms with van der Waals surface area (Å²) < 4.78 is 18.3. The first-order chi connectivity index (χ1) is 14.4. The third kappa shape index (κ3) is 3.63. The maximum Gasteiger partial charge on any atom is 0.325 e. The Morgan fingerprint density at radius 2 is 2.10 bits per heavy atom. The number of nitrogen functional groups attached to an aromatic ring is 1. The molecule has 13 heteroatoms. The highest BCUT2D eigenvalue weighted by molar-refractivity contribution is 8.07. The Kier molecular flexibility index (Phi) is 5.28. The van der Waals surface area contributed by atoms with E-state index in [9.17, 15) is 10.00 Å². The molecule has 0 radical (unpaired) electrons. The molecule has 4 N–H and O–H groups in total. The van der Waals surface area contributed by atoms with E-state index in [1.54, 1.807) is 4.57 Å². The van der Waals surface area contributed by atoms with Gasteiger partial charge < -0.3 is 25.0 Å². The fraction of sp³-hybridized carbons (Fsp3) is 0.353. The molecule has 0 spiro atoms. The van der Waals surface area contributed by atoms with Gasteiger partial charge in [-0.05, 0) is 17.4 Å². The molecular weight excluding hydrogens is 449 g/mol. The van der Waals surface area contributed by atoms with Gasteiger partial charge in [0.15, 0.2) is 28.4 Å². The number of aliphatic hydroxyl groups is 1. The average molecular weight is 467 g/mol. The first-order valence-electron chi connectivity index (χ1n) is 9.07. The highest BCUT2D eigenvalue weighted by Crippen LogP contribution is 2.53. The minimum absolute atomic E-state index is 0.0300. The second-order valence-corrected chi connectivity index (χ2v) is 10.6. The van der Waals surface area contributed by atoms with Crippen LogP contribution in [0, 0.1) is 0 Å². The molecule has 4 heterocycles. The first-order valence-corrected chi connectivity index (χ1v) is 12.6. The summed E-state index contributed by atoms with van der Waals surface area (Å²) >= 11 is 6.38. The molecule has 1 aromatic carbocycles. The van der Waals surface area contributed by atoms with Crippen molar-refractivity contribution < 1.29 is 23.8 Å². The standard InChI is InChI=1S/C17H18N5O5PS2/c18-14-11-15(20-8-19-14)22(17(21-11)30-7-9-4-2-1-3-5-9)16-12(23)13-10(26-16)6-25-28(24,29)27-13/h1-5,8,10,12-13,16,23H,6-7H2,(H,24,29)(H2,18,19,20)/t10-,12-,13-,16-,28?/m1/s1. The van der Waals surface area contributed by atoms with E-state index in [1.807, 2.05) is 30.3 Å². The van der Waals surface area contributed by atoms with Crippen LogP contribution >= 0.6 is 18.5 Å². The Bertz CT molecular complexity index is 1130. The van der Waals surface area contributed by atoms with Crippen LogP contribution in [0.1, 0.15) is 11.8 Å². The van der Waals surface area contributed by atoms with Gasteiger partial charge in [-0.2, -0.15) is 0 Å². The SMILES string of the molecule is Nc1ncnc2c1nc(SCc1ccccc1)n2[C@@H]1O[C@@H]2COP(O)(=S)O[C@H]2[C@H]1O. The monoisotopic (exact) mass is 467 g/mol. The number of imidazole rings is 1. The highest BCUT2D eigenvalue weighted by Gasteiger charge is 2.51. The number of ether oxygens (including phenoxy) is 1. The molecule has 10 nitrogen and oxygen atoms in total. The van der Waals surface area contributed by atoms with Gasteiger partial charge >= 0.3 is 6.72 Å². The number of fused-ring (bicyclic) bond motifs is 2. The topological polar surface area (TPSA) is 138 Å². The summed E-state index contributed by atoms with van der Waals surface area (Å²) in [5.41, 5.74) is 7.97. The van der Waals surface area contributed by atoms with Crippen molar-refractivity contribution in [2.45, 2.75) is 35.4 Å². The minimum atomic E-state index is -3.40. The minimum Gasteiger partial charge on any atom is -0.386 e. The lowest BCUT2D eigenvalue weighted by atomic mass is 10.1. The van der Waals surface area contributed by atoms with Gasteiger partial charge in [0.1, 0.15) is 24.6 Å². The molecule has 2 fully saturated rings. The first kappa shape index (κ1) is 20.3. The number of hydrogen-bond acceptors (Lipinski definition) is 10. The molecule has 5 rings (SSSR count). The fourth-order valence-corrected chi connectivity index (χ4v) is 5.93. The van der Waals surface area contributed by atoms with Gasteiger partial charge in [-0.15, -0.1) is 0 Å². The number of nitrogens with zero attached hydrogens (tertiary/aromatic N) is 4. The largest absolute Gasteiger partial charge is 0.386 e. The summed E-state index contributed by atoms with van der Waals surface area (Å²) in [5.74, 6) is 0.875. The van der Waals surface area contributed by atoms with Gasteiger partial charge in [0.05, 0.1) is 6.61 Å². The van der Waals surface area contributed by atoms with Crippen LogP contribution in [0.25, 0.3) is 11.2 Å². The molecule has 0 bridgehead atoms. The third-order valence-electron chi connectivity index (χ3n) is 4.90. The van der Waals surface area contributed by atoms with Crippen LogP contribution in [0.5, 0.6) is 0 Å². The van der Waals surface area contributed by atoms with Crippen molar-refractivity contribution in [2.75, 3.05) is 12.3 Å². The highest BCUT2D eigenvalue weighted by atomic mass is 32.5. The number of rotatable bonds is 4. The zero-order valence-corrected chi connectivity index (χ0v) is 18.0. The number of benzene rings is 1. The molecule has 2 aliphatic heterocycles. The molecule has 2 aromatic heterocycles. The van der Waals surface area contributed by atoms with Crippen molar-refractivity contribution in [1.82, 2.24) is 19.5 Å². The molecule has 2 saturated heterocycles. The molecular formula is C17H18N5O5PS2. The van der Waals surface area contributed by atoms with E-state index >= 15 is 0 Å². The van der Waals surface area contributed by atoms with Gasteiger partial charge in [0.2, 0.25) is 0 Å². The normalized spacial score (nSPS) is 31.1. The van der Waals surface area contributed by atoms with Crippen LogP contribution in [-0.2, 0) is 31.3 Å². The van der Waals surface area contributed by atoms with Crippen LogP contribution < -0.4 is 5.73 Å². The second kappa shape index (κ2) is 7.81. The summed E-state index contributed by atoms with van der Waals surface area (Å²) in [6.45, 7) is -3.37. The Morgan fingerprint density at radius 3 is 2.90 bits per heavy atom. The smallest absolute Gasteiger partial charge is 0.325 e.